The van der Waals surface area contributed by atoms with Crippen molar-refractivity contribution < 1.29 is 17.9 Å². The summed E-state index contributed by atoms with van der Waals surface area (Å²) >= 11 is 0. The normalized spacial score (nSPS) is 12.2. The van der Waals surface area contributed by atoms with Crippen molar-refractivity contribution in [2.24, 2.45) is 0 Å². The molecule has 0 saturated heterocycles. The van der Waals surface area contributed by atoms with E-state index in [1.165, 1.54) is 0 Å². The lowest BCUT2D eigenvalue weighted by Crippen LogP contribution is -2.27. The fraction of sp³-hybridized carbons (Fsp3) is 0.500. The Kier molecular flexibility index (Phi) is 4.74. The summed E-state index contributed by atoms with van der Waals surface area (Å²) in [5, 5.41) is 0. The van der Waals surface area contributed by atoms with Crippen molar-refractivity contribution in [3.8, 4) is 0 Å². The van der Waals surface area contributed by atoms with E-state index in [1.807, 2.05) is 20.8 Å². The molecule has 0 aliphatic carbocycles. The third kappa shape index (κ3) is 5.42. The molecule has 0 aliphatic rings. The zero-order valence-corrected chi connectivity index (χ0v) is 12.6. The number of hydrogen-bond acceptors (Lipinski definition) is 4. The molecule has 0 aliphatic heterocycles. The lowest BCUT2D eigenvalue weighted by Gasteiger charge is -2.23. The maximum atomic E-state index is 12.0. The summed E-state index contributed by atoms with van der Waals surface area (Å²) in [6, 6.07) is 6.54. The maximum absolute atomic E-state index is 12.0. The third-order valence-electron chi connectivity index (χ3n) is 2.81. The quantitative estimate of drug-likeness (QED) is 0.780. The van der Waals surface area contributed by atoms with Gasteiger partial charge in [-0.05, 0) is 38.0 Å². The van der Waals surface area contributed by atoms with Gasteiger partial charge in [-0.2, -0.15) is 0 Å². The molecule has 0 unspecified atom stereocenters. The van der Waals surface area contributed by atoms with Crippen LogP contribution in [0, 0.1) is 0 Å². The predicted octanol–water partition coefficient (Wildman–Crippen LogP) is 2.58. The number of esters is 1. The van der Waals surface area contributed by atoms with E-state index in [-0.39, 0.29) is 5.75 Å². The summed E-state index contributed by atoms with van der Waals surface area (Å²) < 4.78 is 27.9. The standard InChI is InChI=1S/C14H20O4S/c1-5-14(2,3)18-13(15)12-8-6-7-11(9-12)10-19(4,16)17/h6-9H,5,10H2,1-4H3. The minimum atomic E-state index is -3.11. The minimum absolute atomic E-state index is 0.0781. The Labute approximate surface area is 114 Å². The van der Waals surface area contributed by atoms with Gasteiger partial charge in [0.2, 0.25) is 0 Å². The first-order valence-electron chi connectivity index (χ1n) is 6.13. The first-order chi connectivity index (χ1) is 8.63. The Hall–Kier alpha value is -1.36. The third-order valence-corrected chi connectivity index (χ3v) is 3.67. The first kappa shape index (κ1) is 15.7. The van der Waals surface area contributed by atoms with E-state index in [2.05, 4.69) is 0 Å². The van der Waals surface area contributed by atoms with Gasteiger partial charge in [0.05, 0.1) is 11.3 Å². The van der Waals surface area contributed by atoms with E-state index in [0.29, 0.717) is 17.5 Å². The average molecular weight is 284 g/mol. The van der Waals surface area contributed by atoms with E-state index < -0.39 is 21.4 Å². The highest BCUT2D eigenvalue weighted by molar-refractivity contribution is 7.89. The number of sulfone groups is 1. The molecule has 5 heteroatoms. The SMILES string of the molecule is CCC(C)(C)OC(=O)c1cccc(CS(C)(=O)=O)c1. The van der Waals surface area contributed by atoms with Gasteiger partial charge in [-0.1, -0.05) is 19.1 Å². The Balaban J connectivity index is 2.91. The second kappa shape index (κ2) is 5.74. The van der Waals surface area contributed by atoms with Crippen LogP contribution >= 0.6 is 0 Å². The second-order valence-electron chi connectivity index (χ2n) is 5.27. The van der Waals surface area contributed by atoms with Crippen molar-refractivity contribution in [2.45, 2.75) is 38.5 Å². The van der Waals surface area contributed by atoms with Gasteiger partial charge >= 0.3 is 5.97 Å². The monoisotopic (exact) mass is 284 g/mol. The predicted molar refractivity (Wildman–Crippen MR) is 74.8 cm³/mol. The van der Waals surface area contributed by atoms with Gasteiger partial charge in [0.25, 0.3) is 0 Å². The Morgan fingerprint density at radius 1 is 1.32 bits per heavy atom. The van der Waals surface area contributed by atoms with Crippen molar-refractivity contribution in [1.82, 2.24) is 0 Å². The zero-order valence-electron chi connectivity index (χ0n) is 11.8. The van der Waals surface area contributed by atoms with Crippen molar-refractivity contribution in [2.75, 3.05) is 6.26 Å². The first-order valence-corrected chi connectivity index (χ1v) is 8.19. The molecular weight excluding hydrogens is 264 g/mol. The van der Waals surface area contributed by atoms with Crippen LogP contribution in [-0.2, 0) is 20.3 Å². The van der Waals surface area contributed by atoms with Crippen molar-refractivity contribution in [3.05, 3.63) is 35.4 Å². The van der Waals surface area contributed by atoms with Crippen LogP contribution < -0.4 is 0 Å². The van der Waals surface area contributed by atoms with E-state index in [1.54, 1.807) is 24.3 Å². The number of benzene rings is 1. The van der Waals surface area contributed by atoms with Crippen LogP contribution in [0.5, 0.6) is 0 Å². The second-order valence-corrected chi connectivity index (χ2v) is 7.41. The van der Waals surface area contributed by atoms with Crippen molar-refractivity contribution in [1.29, 1.82) is 0 Å². The van der Waals surface area contributed by atoms with Crippen molar-refractivity contribution >= 4 is 15.8 Å². The molecule has 106 valence electrons. The molecule has 0 aromatic heterocycles. The molecule has 0 fully saturated rings. The molecule has 1 aromatic rings. The minimum Gasteiger partial charge on any atom is -0.456 e. The molecule has 0 amide bonds. The van der Waals surface area contributed by atoms with Gasteiger partial charge in [0.15, 0.2) is 9.84 Å². The van der Waals surface area contributed by atoms with Crippen LogP contribution in [0.1, 0.15) is 43.1 Å². The van der Waals surface area contributed by atoms with E-state index in [9.17, 15) is 13.2 Å². The highest BCUT2D eigenvalue weighted by atomic mass is 32.2. The summed E-state index contributed by atoms with van der Waals surface area (Å²) in [6.07, 6.45) is 1.87. The number of carbonyl (C=O) groups excluding carboxylic acids is 1. The summed E-state index contributed by atoms with van der Waals surface area (Å²) in [6.45, 7) is 5.61. The Morgan fingerprint density at radius 2 is 1.95 bits per heavy atom. The lowest BCUT2D eigenvalue weighted by molar-refractivity contribution is -0.00244. The van der Waals surface area contributed by atoms with Gasteiger partial charge in [-0.15, -0.1) is 0 Å². The molecule has 0 atom stereocenters. The molecule has 0 heterocycles. The van der Waals surface area contributed by atoms with Crippen LogP contribution in [0.3, 0.4) is 0 Å². The molecule has 0 spiro atoms. The lowest BCUT2D eigenvalue weighted by atomic mass is 10.1. The molecular formula is C14H20O4S. The molecule has 19 heavy (non-hydrogen) atoms. The number of hydrogen-bond donors (Lipinski definition) is 0. The maximum Gasteiger partial charge on any atom is 0.338 e. The summed E-state index contributed by atoms with van der Waals surface area (Å²) in [4.78, 5) is 12.0. The van der Waals surface area contributed by atoms with Crippen LogP contribution in [0.25, 0.3) is 0 Å². The highest BCUT2D eigenvalue weighted by Gasteiger charge is 2.21. The number of ether oxygens (including phenoxy) is 1. The van der Waals surface area contributed by atoms with Gasteiger partial charge < -0.3 is 4.74 Å². The molecule has 0 bridgehead atoms. The summed E-state index contributed by atoms with van der Waals surface area (Å²) in [7, 11) is -3.11. The molecule has 1 rings (SSSR count). The fourth-order valence-corrected chi connectivity index (χ4v) is 2.26. The smallest absolute Gasteiger partial charge is 0.338 e. The summed E-state index contributed by atoms with van der Waals surface area (Å²) in [5.41, 5.74) is 0.443. The zero-order chi connectivity index (χ0) is 14.7. The highest BCUT2D eigenvalue weighted by Crippen LogP contribution is 2.17. The van der Waals surface area contributed by atoms with E-state index >= 15 is 0 Å². The largest absolute Gasteiger partial charge is 0.456 e. The van der Waals surface area contributed by atoms with Crippen LogP contribution in [0.15, 0.2) is 24.3 Å². The van der Waals surface area contributed by atoms with Gasteiger partial charge in [0, 0.05) is 6.26 Å². The molecule has 0 N–H and O–H groups in total. The number of carbonyl (C=O) groups is 1. The van der Waals surface area contributed by atoms with Gasteiger partial charge in [-0.3, -0.25) is 0 Å². The fourth-order valence-electron chi connectivity index (χ4n) is 1.47. The topological polar surface area (TPSA) is 60.4 Å². The van der Waals surface area contributed by atoms with Crippen LogP contribution in [0.4, 0.5) is 0 Å². The van der Waals surface area contributed by atoms with Gasteiger partial charge in [-0.25, -0.2) is 13.2 Å². The van der Waals surface area contributed by atoms with E-state index in [0.717, 1.165) is 6.26 Å². The van der Waals surface area contributed by atoms with Crippen molar-refractivity contribution in [3.63, 3.8) is 0 Å². The Bertz CT molecular complexity index is 559. The van der Waals surface area contributed by atoms with Crippen LogP contribution in [0.2, 0.25) is 0 Å². The molecule has 4 nitrogen and oxygen atoms in total. The Morgan fingerprint density at radius 3 is 2.47 bits per heavy atom. The molecule has 0 radical (unpaired) electrons. The summed E-state index contributed by atoms with van der Waals surface area (Å²) in [5.74, 6) is -0.507. The molecule has 1 aromatic carbocycles. The number of rotatable bonds is 5. The van der Waals surface area contributed by atoms with Crippen LogP contribution in [-0.4, -0.2) is 26.2 Å². The van der Waals surface area contributed by atoms with E-state index in [4.69, 9.17) is 4.74 Å². The van der Waals surface area contributed by atoms with Gasteiger partial charge in [0.1, 0.15) is 5.60 Å². The molecule has 0 saturated carbocycles. The average Bonchev–Trinajstić information content (AvgIpc) is 2.26.